The molecule has 2 saturated heterocycles. The first-order valence-corrected chi connectivity index (χ1v) is 14.7. The molecule has 2 aliphatic heterocycles. The molecule has 6 rings (SSSR count). The molecule has 0 spiro atoms. The number of benzene rings is 1. The van der Waals surface area contributed by atoms with Crippen molar-refractivity contribution in [3.63, 3.8) is 0 Å². The molecule has 0 atom stereocenters. The summed E-state index contributed by atoms with van der Waals surface area (Å²) in [6.45, 7) is 7.59. The smallest absolute Gasteiger partial charge is 0.372 e. The predicted molar refractivity (Wildman–Crippen MR) is 156 cm³/mol. The molecular formula is C28H33ClN6O5S. The van der Waals surface area contributed by atoms with Crippen LogP contribution in [0.5, 0.6) is 0 Å². The monoisotopic (exact) mass is 600 g/mol. The van der Waals surface area contributed by atoms with Crippen molar-refractivity contribution in [3.05, 3.63) is 57.8 Å². The third kappa shape index (κ3) is 6.62. The molecule has 0 bridgehead atoms. The minimum Gasteiger partial charge on any atom is -0.475 e. The fourth-order valence-corrected chi connectivity index (χ4v) is 5.93. The number of nitrogens with zero attached hydrogens (tertiary/aromatic N) is 5. The minimum absolute atomic E-state index is 0.131. The normalized spacial score (nSPS) is 16.6. The zero-order chi connectivity index (χ0) is 29.3. The summed E-state index contributed by atoms with van der Waals surface area (Å²) in [6, 6.07) is 11.3. The number of fused-ring (bicyclic) bond motifs is 1. The molecule has 2 fully saturated rings. The number of amides is 1. The first kappa shape index (κ1) is 29.2. The van der Waals surface area contributed by atoms with Crippen LogP contribution in [0.4, 0.5) is 0 Å². The standard InChI is InChI=1S/C20H15ClN4O5S.C8H18N2/c21-17-4-3-16(31-17)15-6-11(23-30-15)7-25-14-2-1-10(19(27)24-8-12(26)9-24)5-13(14)22-18(25)20(28)29;1-7(2)10-5-3-8(9)4-6-10/h1-6,12,26H,7-9H2,(H,28,29);7-8H,3-6,9H2,1-2H3. The Kier molecular flexibility index (Phi) is 8.76. The molecule has 2 aliphatic rings. The molecule has 3 aromatic heterocycles. The summed E-state index contributed by atoms with van der Waals surface area (Å²) in [5.41, 5.74) is 7.63. The Hall–Kier alpha value is -3.29. The number of aromatic nitrogens is 3. The minimum atomic E-state index is -1.19. The van der Waals surface area contributed by atoms with Crippen molar-refractivity contribution in [1.29, 1.82) is 0 Å². The maximum absolute atomic E-state index is 12.5. The molecule has 1 amide bonds. The lowest BCUT2D eigenvalue weighted by atomic mass is 10.1. The zero-order valence-electron chi connectivity index (χ0n) is 22.9. The first-order chi connectivity index (χ1) is 19.6. The van der Waals surface area contributed by atoms with Crippen molar-refractivity contribution in [2.24, 2.45) is 5.73 Å². The highest BCUT2D eigenvalue weighted by Gasteiger charge is 2.30. The van der Waals surface area contributed by atoms with Gasteiger partial charge in [-0.25, -0.2) is 9.78 Å². The summed E-state index contributed by atoms with van der Waals surface area (Å²) in [6.07, 6.45) is 1.86. The molecule has 5 heterocycles. The van der Waals surface area contributed by atoms with Crippen LogP contribution < -0.4 is 5.73 Å². The van der Waals surface area contributed by atoms with Crippen LogP contribution >= 0.6 is 22.9 Å². The number of aliphatic hydroxyl groups is 1. The molecule has 4 N–H and O–H groups in total. The lowest BCUT2D eigenvalue weighted by Crippen LogP contribution is -2.53. The number of imidazole rings is 1. The van der Waals surface area contributed by atoms with Gasteiger partial charge in [-0.1, -0.05) is 16.8 Å². The van der Waals surface area contributed by atoms with E-state index in [1.165, 1.54) is 46.7 Å². The Morgan fingerprint density at radius 3 is 2.51 bits per heavy atom. The molecule has 13 heteroatoms. The second-order valence-corrected chi connectivity index (χ2v) is 12.4. The molecular weight excluding hydrogens is 568 g/mol. The number of carbonyl (C=O) groups excluding carboxylic acids is 1. The van der Waals surface area contributed by atoms with Crippen LogP contribution in [0.2, 0.25) is 4.34 Å². The van der Waals surface area contributed by atoms with Gasteiger partial charge in [-0.2, -0.15) is 0 Å². The SMILES string of the molecule is CC(C)N1CCC(N)CC1.O=C(O)c1nc2cc(C(=O)N3CC(O)C3)ccc2n1Cc1cc(-c2ccc(Cl)s2)on1. The first-order valence-electron chi connectivity index (χ1n) is 13.5. The Bertz CT molecular complexity index is 1530. The fraction of sp³-hybridized carbons (Fsp3) is 0.429. The van der Waals surface area contributed by atoms with E-state index in [0.29, 0.717) is 44.5 Å². The second-order valence-electron chi connectivity index (χ2n) is 10.6. The van der Waals surface area contributed by atoms with Crippen LogP contribution in [0.1, 0.15) is 53.4 Å². The molecule has 11 nitrogen and oxygen atoms in total. The summed E-state index contributed by atoms with van der Waals surface area (Å²) in [5, 5.41) is 23.1. The van der Waals surface area contributed by atoms with E-state index in [-0.39, 0.29) is 31.4 Å². The number of rotatable bonds is 6. The Balaban J connectivity index is 0.000000287. The summed E-state index contributed by atoms with van der Waals surface area (Å²) < 4.78 is 7.52. The van der Waals surface area contributed by atoms with Gasteiger partial charge in [0.15, 0.2) is 5.76 Å². The topological polar surface area (TPSA) is 151 Å². The third-order valence-corrected chi connectivity index (χ3v) is 8.58. The van der Waals surface area contributed by atoms with Crippen LogP contribution in [-0.4, -0.2) is 91.0 Å². The Morgan fingerprint density at radius 1 is 1.17 bits per heavy atom. The quantitative estimate of drug-likeness (QED) is 0.300. The number of carboxylic acid groups (broad SMARTS) is 1. The molecule has 4 aromatic rings. The molecule has 0 saturated carbocycles. The number of carboxylic acids is 1. The van der Waals surface area contributed by atoms with E-state index in [4.69, 9.17) is 21.9 Å². The van der Waals surface area contributed by atoms with Gasteiger partial charge in [0, 0.05) is 36.8 Å². The molecule has 0 radical (unpaired) electrons. The van der Waals surface area contributed by atoms with Crippen molar-refractivity contribution in [3.8, 4) is 10.6 Å². The number of nitrogens with two attached hydrogens (primary N) is 1. The van der Waals surface area contributed by atoms with Gasteiger partial charge in [0.25, 0.3) is 5.91 Å². The zero-order valence-corrected chi connectivity index (χ0v) is 24.4. The largest absolute Gasteiger partial charge is 0.475 e. The average molecular weight is 601 g/mol. The fourth-order valence-electron chi connectivity index (χ4n) is 4.94. The van der Waals surface area contributed by atoms with Crippen molar-refractivity contribution in [2.75, 3.05) is 26.2 Å². The highest BCUT2D eigenvalue weighted by atomic mass is 35.5. The Morgan fingerprint density at radius 2 is 1.90 bits per heavy atom. The highest BCUT2D eigenvalue weighted by Crippen LogP contribution is 2.32. The number of likely N-dealkylation sites (tertiary alicyclic amines) is 2. The second kappa shape index (κ2) is 12.3. The van der Waals surface area contributed by atoms with E-state index < -0.39 is 12.1 Å². The number of thiophene rings is 1. The maximum atomic E-state index is 12.5. The van der Waals surface area contributed by atoms with Crippen LogP contribution in [-0.2, 0) is 6.54 Å². The van der Waals surface area contributed by atoms with E-state index in [1.807, 2.05) is 6.07 Å². The van der Waals surface area contributed by atoms with Crippen LogP contribution in [0.15, 0.2) is 40.9 Å². The van der Waals surface area contributed by atoms with Crippen LogP contribution in [0.25, 0.3) is 21.7 Å². The van der Waals surface area contributed by atoms with E-state index in [2.05, 4.69) is 28.9 Å². The third-order valence-electron chi connectivity index (χ3n) is 7.34. The molecule has 218 valence electrons. The number of piperidine rings is 1. The van der Waals surface area contributed by atoms with Gasteiger partial charge in [-0.05, 0) is 70.1 Å². The van der Waals surface area contributed by atoms with E-state index in [0.717, 1.165) is 4.88 Å². The number of hydrogen-bond acceptors (Lipinski definition) is 9. The van der Waals surface area contributed by atoms with Gasteiger partial charge < -0.3 is 34.8 Å². The molecule has 0 aliphatic carbocycles. The number of hydrogen-bond donors (Lipinski definition) is 3. The van der Waals surface area contributed by atoms with E-state index in [9.17, 15) is 19.8 Å². The van der Waals surface area contributed by atoms with E-state index >= 15 is 0 Å². The summed E-state index contributed by atoms with van der Waals surface area (Å²) >= 11 is 7.32. The lowest BCUT2D eigenvalue weighted by Gasteiger charge is -2.35. The Labute approximate surface area is 246 Å². The number of carbonyl (C=O) groups is 2. The van der Waals surface area contributed by atoms with Gasteiger partial charge in [0.1, 0.15) is 5.69 Å². The van der Waals surface area contributed by atoms with Crippen LogP contribution in [0.3, 0.4) is 0 Å². The van der Waals surface area contributed by atoms with Gasteiger partial charge in [0.2, 0.25) is 5.82 Å². The lowest BCUT2D eigenvalue weighted by molar-refractivity contribution is 0.00590. The van der Waals surface area contributed by atoms with Crippen molar-refractivity contribution in [1.82, 2.24) is 24.5 Å². The van der Waals surface area contributed by atoms with Crippen LogP contribution in [0, 0.1) is 0 Å². The average Bonchev–Trinajstić information content (AvgIpc) is 3.66. The van der Waals surface area contributed by atoms with Gasteiger partial charge in [0.05, 0.1) is 32.9 Å². The molecule has 0 unspecified atom stereocenters. The summed E-state index contributed by atoms with van der Waals surface area (Å²) in [7, 11) is 0. The summed E-state index contributed by atoms with van der Waals surface area (Å²) in [4.78, 5) is 33.3. The predicted octanol–water partition coefficient (Wildman–Crippen LogP) is 3.79. The number of aromatic carboxylic acids is 1. The number of β-amino-alcohol motifs (C(OH)–C–C–N with tert-alkyl or cyclic N) is 1. The summed E-state index contributed by atoms with van der Waals surface area (Å²) in [5.74, 6) is -1.04. The van der Waals surface area contributed by atoms with Gasteiger partial charge >= 0.3 is 5.97 Å². The highest BCUT2D eigenvalue weighted by molar-refractivity contribution is 7.19. The van der Waals surface area contributed by atoms with Gasteiger partial charge in [-0.3, -0.25) is 4.79 Å². The molecule has 41 heavy (non-hydrogen) atoms. The van der Waals surface area contributed by atoms with Crippen molar-refractivity contribution in [2.45, 2.75) is 51.4 Å². The van der Waals surface area contributed by atoms with Gasteiger partial charge in [-0.15, -0.1) is 11.3 Å². The van der Waals surface area contributed by atoms with E-state index in [1.54, 1.807) is 30.3 Å². The number of halogens is 1. The maximum Gasteiger partial charge on any atom is 0.372 e. The number of aliphatic hydroxyl groups excluding tert-OH is 1. The van der Waals surface area contributed by atoms with Crippen molar-refractivity contribution >= 4 is 45.8 Å². The van der Waals surface area contributed by atoms with Crippen molar-refractivity contribution < 1.29 is 24.3 Å². The molecule has 1 aromatic carbocycles.